The van der Waals surface area contributed by atoms with Gasteiger partial charge in [-0.3, -0.25) is 4.79 Å². The fraction of sp³-hybridized carbons (Fsp3) is 0.462. The summed E-state index contributed by atoms with van der Waals surface area (Å²) in [7, 11) is 0. The van der Waals surface area contributed by atoms with Crippen molar-refractivity contribution >= 4 is 11.5 Å². The van der Waals surface area contributed by atoms with Gasteiger partial charge in [0.25, 0.3) is 0 Å². The smallest absolute Gasteiger partial charge is 0.157 e. The maximum atomic E-state index is 13.5. The van der Waals surface area contributed by atoms with E-state index in [9.17, 15) is 9.18 Å². The number of carbonyl (C=O) groups is 1. The first-order chi connectivity index (χ1) is 7.50. The molecule has 86 valence electrons. The molecule has 0 amide bonds. The van der Waals surface area contributed by atoms with Crippen molar-refractivity contribution in [3.05, 3.63) is 30.1 Å². The first-order valence-electron chi connectivity index (χ1n) is 5.53. The van der Waals surface area contributed by atoms with Crippen LogP contribution in [0.2, 0.25) is 0 Å². The fourth-order valence-electron chi connectivity index (χ4n) is 1.93. The molecule has 16 heavy (non-hydrogen) atoms. The van der Waals surface area contributed by atoms with Crippen molar-refractivity contribution in [3.63, 3.8) is 0 Å². The molecule has 0 N–H and O–H groups in total. The molecule has 0 aromatic heterocycles. The Balaban J connectivity index is 2.20. The number of rotatable bonds is 1. The molecule has 1 aromatic carbocycles. The van der Waals surface area contributed by atoms with Crippen molar-refractivity contribution in [1.29, 1.82) is 0 Å². The molecular weight excluding hydrogens is 205 g/mol. The Bertz CT molecular complexity index is 414. The molecule has 0 unspecified atom stereocenters. The minimum atomic E-state index is -0.262. The highest BCUT2D eigenvalue weighted by atomic mass is 19.1. The molecule has 3 heteroatoms. The van der Waals surface area contributed by atoms with E-state index < -0.39 is 0 Å². The molecule has 0 saturated carbocycles. The normalized spacial score (nSPS) is 19.9. The Morgan fingerprint density at radius 2 is 2.00 bits per heavy atom. The van der Waals surface area contributed by atoms with Gasteiger partial charge in [0.05, 0.1) is 12.2 Å². The van der Waals surface area contributed by atoms with Gasteiger partial charge in [-0.2, -0.15) is 0 Å². The van der Waals surface area contributed by atoms with Crippen molar-refractivity contribution in [2.45, 2.75) is 20.3 Å². The number of hydrogen-bond donors (Lipinski definition) is 0. The second-order valence-corrected chi connectivity index (χ2v) is 4.93. The Morgan fingerprint density at radius 3 is 2.62 bits per heavy atom. The summed E-state index contributed by atoms with van der Waals surface area (Å²) in [6.45, 7) is 4.95. The van der Waals surface area contributed by atoms with E-state index >= 15 is 0 Å². The van der Waals surface area contributed by atoms with Crippen LogP contribution in [0, 0.1) is 11.2 Å². The number of halogens is 1. The summed E-state index contributed by atoms with van der Waals surface area (Å²) in [6, 6.07) is 6.61. The van der Waals surface area contributed by atoms with Crippen LogP contribution >= 0.6 is 0 Å². The van der Waals surface area contributed by atoms with Crippen molar-refractivity contribution in [2.24, 2.45) is 5.41 Å². The van der Waals surface area contributed by atoms with Gasteiger partial charge in [-0.1, -0.05) is 26.0 Å². The highest BCUT2D eigenvalue weighted by Gasteiger charge is 2.34. The summed E-state index contributed by atoms with van der Waals surface area (Å²) in [6.07, 6.45) is 0.778. The number of carbonyl (C=O) groups excluding carboxylic acids is 1. The van der Waals surface area contributed by atoms with Crippen LogP contribution in [0.15, 0.2) is 24.3 Å². The summed E-state index contributed by atoms with van der Waals surface area (Å²) in [4.78, 5) is 13.7. The largest absolute Gasteiger partial charge is 0.362 e. The maximum Gasteiger partial charge on any atom is 0.157 e. The number of benzene rings is 1. The lowest BCUT2D eigenvalue weighted by Gasteiger charge is -2.36. The van der Waals surface area contributed by atoms with Crippen LogP contribution in [0.25, 0.3) is 0 Å². The molecule has 1 aromatic rings. The topological polar surface area (TPSA) is 20.3 Å². The zero-order valence-corrected chi connectivity index (χ0v) is 9.66. The third-order valence-electron chi connectivity index (χ3n) is 3.29. The average molecular weight is 221 g/mol. The van der Waals surface area contributed by atoms with Gasteiger partial charge < -0.3 is 4.90 Å². The molecule has 1 saturated heterocycles. The molecule has 1 aliphatic rings. The van der Waals surface area contributed by atoms with Gasteiger partial charge in [-0.25, -0.2) is 4.39 Å². The van der Waals surface area contributed by atoms with E-state index in [0.29, 0.717) is 12.2 Å². The lowest BCUT2D eigenvalue weighted by Crippen LogP contribution is -2.45. The zero-order chi connectivity index (χ0) is 11.8. The molecular formula is C13H16FNO. The minimum absolute atomic E-state index is 0.182. The molecule has 0 radical (unpaired) electrons. The predicted octanol–water partition coefficient (Wildman–Crippen LogP) is 2.63. The van der Waals surface area contributed by atoms with Gasteiger partial charge in [0, 0.05) is 12.0 Å². The predicted molar refractivity (Wildman–Crippen MR) is 62.0 cm³/mol. The third kappa shape index (κ3) is 1.94. The number of hydrogen-bond acceptors (Lipinski definition) is 2. The lowest BCUT2D eigenvalue weighted by molar-refractivity contribution is -0.127. The molecule has 0 atom stereocenters. The van der Waals surface area contributed by atoms with Crippen LogP contribution in [-0.4, -0.2) is 18.9 Å². The second-order valence-electron chi connectivity index (χ2n) is 4.93. The van der Waals surface area contributed by atoms with Crippen LogP contribution < -0.4 is 4.90 Å². The van der Waals surface area contributed by atoms with Crippen LogP contribution in [0.5, 0.6) is 0 Å². The van der Waals surface area contributed by atoms with E-state index in [1.807, 2.05) is 18.7 Å². The maximum absolute atomic E-state index is 13.5. The van der Waals surface area contributed by atoms with E-state index in [2.05, 4.69) is 0 Å². The number of anilines is 1. The Labute approximate surface area is 95.1 Å². The van der Waals surface area contributed by atoms with Gasteiger partial charge in [0.15, 0.2) is 5.78 Å². The van der Waals surface area contributed by atoms with Gasteiger partial charge >= 0.3 is 0 Å². The lowest BCUT2D eigenvalue weighted by atomic mass is 9.81. The number of Topliss-reactive ketones (excluding diaryl/α,β-unsaturated/α-hetero) is 1. The zero-order valence-electron chi connectivity index (χ0n) is 9.66. The summed E-state index contributed by atoms with van der Waals surface area (Å²) >= 11 is 0. The van der Waals surface area contributed by atoms with E-state index in [-0.39, 0.29) is 17.0 Å². The van der Waals surface area contributed by atoms with Gasteiger partial charge in [0.1, 0.15) is 5.82 Å². The van der Waals surface area contributed by atoms with Crippen molar-refractivity contribution in [2.75, 3.05) is 18.0 Å². The molecule has 0 spiro atoms. The van der Waals surface area contributed by atoms with Crippen LogP contribution in [0.4, 0.5) is 10.1 Å². The summed E-state index contributed by atoms with van der Waals surface area (Å²) in [5, 5.41) is 0. The first kappa shape index (κ1) is 11.1. The Hall–Kier alpha value is -1.38. The molecule has 0 bridgehead atoms. The van der Waals surface area contributed by atoms with E-state index in [1.165, 1.54) is 6.07 Å². The molecule has 2 nitrogen and oxygen atoms in total. The fourth-order valence-corrected chi connectivity index (χ4v) is 1.93. The van der Waals surface area contributed by atoms with Crippen LogP contribution in [-0.2, 0) is 4.79 Å². The molecule has 1 heterocycles. The molecule has 0 aliphatic carbocycles. The monoisotopic (exact) mass is 221 g/mol. The molecule has 1 aliphatic heterocycles. The summed E-state index contributed by atoms with van der Waals surface area (Å²) < 4.78 is 13.5. The summed E-state index contributed by atoms with van der Waals surface area (Å²) in [5.41, 5.74) is 0.272. The number of para-hydroxylation sites is 1. The SMILES string of the molecule is CC1(C)CCN(c2ccccc2F)CC1=O. The highest BCUT2D eigenvalue weighted by molar-refractivity contribution is 5.89. The highest BCUT2D eigenvalue weighted by Crippen LogP contribution is 2.30. The first-order valence-corrected chi connectivity index (χ1v) is 5.53. The van der Waals surface area contributed by atoms with Gasteiger partial charge in [-0.05, 0) is 18.6 Å². The Kier molecular flexibility index (Phi) is 2.70. The number of piperidine rings is 1. The van der Waals surface area contributed by atoms with E-state index in [4.69, 9.17) is 0 Å². The number of ketones is 1. The quantitative estimate of drug-likeness (QED) is 0.726. The van der Waals surface area contributed by atoms with E-state index in [1.54, 1.807) is 18.2 Å². The molecule has 2 rings (SSSR count). The van der Waals surface area contributed by atoms with E-state index in [0.717, 1.165) is 13.0 Å². The van der Waals surface area contributed by atoms with Crippen molar-refractivity contribution in [3.8, 4) is 0 Å². The van der Waals surface area contributed by atoms with Crippen molar-refractivity contribution < 1.29 is 9.18 Å². The third-order valence-corrected chi connectivity index (χ3v) is 3.29. The number of nitrogens with zero attached hydrogens (tertiary/aromatic N) is 1. The standard InChI is InChI=1S/C13H16FNO/c1-13(2)7-8-15(9-12(13)16)11-6-4-3-5-10(11)14/h3-6H,7-9H2,1-2H3. The minimum Gasteiger partial charge on any atom is -0.362 e. The average Bonchev–Trinajstić information content (AvgIpc) is 2.23. The van der Waals surface area contributed by atoms with Gasteiger partial charge in [-0.15, -0.1) is 0 Å². The molecule has 1 fully saturated rings. The van der Waals surface area contributed by atoms with Crippen molar-refractivity contribution in [1.82, 2.24) is 0 Å². The summed E-state index contributed by atoms with van der Waals surface area (Å²) in [5.74, 6) is -0.0722. The van der Waals surface area contributed by atoms with Crippen LogP contribution in [0.1, 0.15) is 20.3 Å². The van der Waals surface area contributed by atoms with Gasteiger partial charge in [0.2, 0.25) is 0 Å². The second kappa shape index (κ2) is 3.89. The van der Waals surface area contributed by atoms with Crippen LogP contribution in [0.3, 0.4) is 0 Å². The Morgan fingerprint density at radius 1 is 1.31 bits per heavy atom.